The van der Waals surface area contributed by atoms with Crippen LogP contribution in [0.25, 0.3) is 0 Å². The van der Waals surface area contributed by atoms with Crippen LogP contribution in [-0.2, 0) is 0 Å². The van der Waals surface area contributed by atoms with Crippen LogP contribution in [0.4, 0.5) is 17.1 Å². The molecule has 0 radical (unpaired) electrons. The van der Waals surface area contributed by atoms with E-state index in [4.69, 9.17) is 5.73 Å². The molecule has 0 saturated carbocycles. The van der Waals surface area contributed by atoms with Gasteiger partial charge in [0.25, 0.3) is 0 Å². The number of nitrogens with two attached hydrogens (primary N) is 1. The molecule has 0 bridgehead atoms. The van der Waals surface area contributed by atoms with E-state index in [0.29, 0.717) is 12.1 Å². The number of hydrogen-bond donors (Lipinski definition) is 4. The summed E-state index contributed by atoms with van der Waals surface area (Å²) in [4.78, 5) is 0. The fraction of sp³-hybridized carbons (Fsp3) is 0.368. The van der Waals surface area contributed by atoms with Crippen LogP contribution in [-0.4, -0.2) is 26.2 Å². The molecule has 4 nitrogen and oxygen atoms in total. The number of hydrogen-bond acceptors (Lipinski definition) is 4. The van der Waals surface area contributed by atoms with Crippen molar-refractivity contribution >= 4 is 17.1 Å². The highest BCUT2D eigenvalue weighted by Gasteiger charge is 1.99. The Morgan fingerprint density at radius 1 is 0.826 bits per heavy atom. The summed E-state index contributed by atoms with van der Waals surface area (Å²) in [6.07, 6.45) is 1.05. The Morgan fingerprint density at radius 2 is 1.35 bits per heavy atom. The van der Waals surface area contributed by atoms with Gasteiger partial charge in [0.05, 0.1) is 0 Å². The van der Waals surface area contributed by atoms with E-state index in [-0.39, 0.29) is 0 Å². The van der Waals surface area contributed by atoms with Crippen LogP contribution in [0.3, 0.4) is 0 Å². The second-order valence-electron chi connectivity index (χ2n) is 5.72. The maximum Gasteiger partial charge on any atom is 0.0385 e. The van der Waals surface area contributed by atoms with Crippen molar-refractivity contribution in [2.45, 2.75) is 32.4 Å². The molecule has 126 valence electrons. The van der Waals surface area contributed by atoms with E-state index >= 15 is 0 Å². The first-order valence-electron chi connectivity index (χ1n) is 8.08. The molecule has 5 N–H and O–H groups in total. The number of benzene rings is 2. The van der Waals surface area contributed by atoms with Crippen LogP contribution in [0, 0.1) is 0 Å². The van der Waals surface area contributed by atoms with Gasteiger partial charge in [-0.1, -0.05) is 18.2 Å². The predicted molar refractivity (Wildman–Crippen MR) is 103 cm³/mol. The first-order chi connectivity index (χ1) is 11.0. The van der Waals surface area contributed by atoms with E-state index in [1.54, 1.807) is 0 Å². The van der Waals surface area contributed by atoms with Gasteiger partial charge in [-0.25, -0.2) is 0 Å². The SMILES string of the molecule is CNC(C)CC(C)N.CNc1ccc(Nc2ccccc2)cc1. The maximum absolute atomic E-state index is 5.53. The zero-order valence-corrected chi connectivity index (χ0v) is 14.6. The summed E-state index contributed by atoms with van der Waals surface area (Å²) < 4.78 is 0. The lowest BCUT2D eigenvalue weighted by Crippen LogP contribution is -2.29. The fourth-order valence-corrected chi connectivity index (χ4v) is 2.08. The molecule has 4 heteroatoms. The number of para-hydroxylation sites is 1. The summed E-state index contributed by atoms with van der Waals surface area (Å²) >= 11 is 0. The molecule has 0 fully saturated rings. The molecule has 0 heterocycles. The van der Waals surface area contributed by atoms with Crippen LogP contribution in [0.1, 0.15) is 20.3 Å². The van der Waals surface area contributed by atoms with Crippen molar-refractivity contribution in [1.82, 2.24) is 5.32 Å². The summed E-state index contributed by atoms with van der Waals surface area (Å²) in [7, 11) is 3.87. The first kappa shape index (κ1) is 19.0. The van der Waals surface area contributed by atoms with Gasteiger partial charge in [-0.05, 0) is 63.7 Å². The topological polar surface area (TPSA) is 62.1 Å². The molecule has 0 aromatic heterocycles. The van der Waals surface area contributed by atoms with E-state index in [0.717, 1.165) is 23.5 Å². The predicted octanol–water partition coefficient (Wildman–Crippen LogP) is 3.80. The Labute approximate surface area is 140 Å². The number of nitrogens with one attached hydrogen (secondary N) is 3. The molecule has 0 aliphatic heterocycles. The van der Waals surface area contributed by atoms with Crippen molar-refractivity contribution in [3.05, 3.63) is 54.6 Å². The minimum Gasteiger partial charge on any atom is -0.388 e. The smallest absolute Gasteiger partial charge is 0.0385 e. The quantitative estimate of drug-likeness (QED) is 0.655. The number of anilines is 3. The van der Waals surface area contributed by atoms with Crippen molar-refractivity contribution in [2.75, 3.05) is 24.7 Å². The maximum atomic E-state index is 5.53. The van der Waals surface area contributed by atoms with Crippen LogP contribution in [0.15, 0.2) is 54.6 Å². The fourth-order valence-electron chi connectivity index (χ4n) is 2.08. The van der Waals surface area contributed by atoms with Gasteiger partial charge in [-0.15, -0.1) is 0 Å². The Balaban J connectivity index is 0.000000284. The third-order valence-electron chi connectivity index (χ3n) is 3.45. The zero-order chi connectivity index (χ0) is 17.1. The van der Waals surface area contributed by atoms with Crippen molar-refractivity contribution in [3.8, 4) is 0 Å². The van der Waals surface area contributed by atoms with Gasteiger partial charge in [0, 0.05) is 36.2 Å². The van der Waals surface area contributed by atoms with Gasteiger partial charge in [-0.3, -0.25) is 0 Å². The van der Waals surface area contributed by atoms with Crippen molar-refractivity contribution in [2.24, 2.45) is 5.73 Å². The van der Waals surface area contributed by atoms with Crippen LogP contribution >= 0.6 is 0 Å². The van der Waals surface area contributed by atoms with Crippen molar-refractivity contribution < 1.29 is 0 Å². The molecule has 2 aromatic carbocycles. The van der Waals surface area contributed by atoms with E-state index in [9.17, 15) is 0 Å². The molecule has 2 atom stereocenters. The summed E-state index contributed by atoms with van der Waals surface area (Å²) in [6.45, 7) is 4.15. The van der Waals surface area contributed by atoms with Crippen LogP contribution in [0.5, 0.6) is 0 Å². The third-order valence-corrected chi connectivity index (χ3v) is 3.45. The average Bonchev–Trinajstić information content (AvgIpc) is 2.56. The van der Waals surface area contributed by atoms with Crippen molar-refractivity contribution in [1.29, 1.82) is 0 Å². The van der Waals surface area contributed by atoms with Gasteiger partial charge < -0.3 is 21.7 Å². The van der Waals surface area contributed by atoms with Crippen LogP contribution in [0.2, 0.25) is 0 Å². The zero-order valence-electron chi connectivity index (χ0n) is 14.6. The molecular weight excluding hydrogens is 284 g/mol. The highest BCUT2D eigenvalue weighted by Crippen LogP contribution is 2.17. The summed E-state index contributed by atoms with van der Waals surface area (Å²) in [5, 5.41) is 9.53. The summed E-state index contributed by atoms with van der Waals surface area (Å²) in [5.41, 5.74) is 8.85. The Morgan fingerprint density at radius 3 is 1.78 bits per heavy atom. The first-order valence-corrected chi connectivity index (χ1v) is 8.08. The molecule has 0 amide bonds. The molecule has 0 aliphatic carbocycles. The summed E-state index contributed by atoms with van der Waals surface area (Å²) in [5.74, 6) is 0. The molecule has 2 aromatic rings. The van der Waals surface area contributed by atoms with E-state index in [1.807, 2.05) is 63.5 Å². The molecule has 0 saturated heterocycles. The Kier molecular flexibility index (Phi) is 8.80. The Hall–Kier alpha value is -2.04. The third kappa shape index (κ3) is 8.24. The van der Waals surface area contributed by atoms with E-state index in [1.165, 1.54) is 0 Å². The van der Waals surface area contributed by atoms with Gasteiger partial charge in [0.15, 0.2) is 0 Å². The molecule has 23 heavy (non-hydrogen) atoms. The van der Waals surface area contributed by atoms with Crippen LogP contribution < -0.4 is 21.7 Å². The highest BCUT2D eigenvalue weighted by atomic mass is 14.9. The van der Waals surface area contributed by atoms with Gasteiger partial charge in [-0.2, -0.15) is 0 Å². The van der Waals surface area contributed by atoms with Gasteiger partial charge >= 0.3 is 0 Å². The van der Waals surface area contributed by atoms with E-state index in [2.05, 4.69) is 35.0 Å². The minimum atomic E-state index is 0.317. The largest absolute Gasteiger partial charge is 0.388 e. The number of rotatable bonds is 6. The monoisotopic (exact) mass is 314 g/mol. The minimum absolute atomic E-state index is 0.317. The molecule has 2 rings (SSSR count). The van der Waals surface area contributed by atoms with Gasteiger partial charge in [0.1, 0.15) is 0 Å². The lowest BCUT2D eigenvalue weighted by atomic mass is 10.1. The second kappa shape index (κ2) is 10.6. The highest BCUT2D eigenvalue weighted by molar-refractivity contribution is 5.62. The Bertz CT molecular complexity index is 523. The van der Waals surface area contributed by atoms with Gasteiger partial charge in [0.2, 0.25) is 0 Å². The normalized spacial score (nSPS) is 12.6. The molecule has 2 unspecified atom stereocenters. The van der Waals surface area contributed by atoms with Crippen molar-refractivity contribution in [3.63, 3.8) is 0 Å². The molecule has 0 spiro atoms. The standard InChI is InChI=1S/C13H14N2.C6H16N2/c1-14-11-7-9-13(10-8-11)15-12-5-3-2-4-6-12;1-5(7)4-6(2)8-3/h2-10,14-15H,1H3;5-6,8H,4,7H2,1-3H3. The lowest BCUT2D eigenvalue weighted by molar-refractivity contribution is 0.513. The molecular formula is C19H30N4. The van der Waals surface area contributed by atoms with E-state index < -0.39 is 0 Å². The lowest BCUT2D eigenvalue weighted by Gasteiger charge is -2.11. The summed E-state index contributed by atoms with van der Waals surface area (Å²) in [6, 6.07) is 19.2. The average molecular weight is 314 g/mol. The second-order valence-corrected chi connectivity index (χ2v) is 5.72. The molecule has 0 aliphatic rings.